The number of thioether (sulfide) groups is 1. The molecule has 2 aliphatic rings. The molecule has 1 amide bonds. The van der Waals surface area contributed by atoms with Crippen LogP contribution in [0.3, 0.4) is 0 Å². The fraction of sp³-hybridized carbons (Fsp3) is 0.588. The second-order valence-electron chi connectivity index (χ2n) is 6.07. The molecule has 2 saturated heterocycles. The van der Waals surface area contributed by atoms with Crippen LogP contribution < -0.4 is 5.32 Å². The first kappa shape index (κ1) is 15.8. The summed E-state index contributed by atoms with van der Waals surface area (Å²) < 4.78 is 5.56. The van der Waals surface area contributed by atoms with Crippen LogP contribution in [0.1, 0.15) is 17.5 Å². The summed E-state index contributed by atoms with van der Waals surface area (Å²) in [5, 5.41) is 3.58. The third kappa shape index (κ3) is 4.03. The van der Waals surface area contributed by atoms with Crippen LogP contribution in [-0.2, 0) is 16.1 Å². The molecule has 0 saturated carbocycles. The number of ether oxygens (including phenoxy) is 1. The van der Waals surface area contributed by atoms with Crippen LogP contribution in [0.25, 0.3) is 0 Å². The zero-order valence-corrected chi connectivity index (χ0v) is 13.9. The average molecular weight is 320 g/mol. The van der Waals surface area contributed by atoms with E-state index in [0.29, 0.717) is 24.4 Å². The van der Waals surface area contributed by atoms with Crippen LogP contribution in [0, 0.1) is 6.92 Å². The van der Waals surface area contributed by atoms with Crippen molar-refractivity contribution < 1.29 is 9.53 Å². The Balaban J connectivity index is 1.49. The minimum atomic E-state index is 0.123. The zero-order valence-electron chi connectivity index (χ0n) is 13.1. The molecule has 0 aromatic heterocycles. The number of benzene rings is 1. The number of nitrogens with one attached hydrogen (secondary N) is 1. The Morgan fingerprint density at radius 1 is 1.41 bits per heavy atom. The summed E-state index contributed by atoms with van der Waals surface area (Å²) in [7, 11) is 0. The number of rotatable bonds is 4. The number of fused-ring (bicyclic) bond motifs is 1. The second kappa shape index (κ2) is 7.49. The number of hydrogen-bond acceptors (Lipinski definition) is 4. The molecule has 4 nitrogen and oxygen atoms in total. The van der Waals surface area contributed by atoms with Crippen molar-refractivity contribution in [1.29, 1.82) is 0 Å². The molecule has 3 rings (SSSR count). The van der Waals surface area contributed by atoms with Crippen molar-refractivity contribution in [3.8, 4) is 0 Å². The van der Waals surface area contributed by atoms with Gasteiger partial charge in [-0.25, -0.2) is 0 Å². The standard InChI is InChI=1S/C17H24N2O2S/c1-13-2-4-14(5-3-13)10-18-17(20)11-19-7-9-22-16-12-21-8-6-15(16)19/h2-5,15-16H,6-12H2,1H3,(H,18,20). The molecule has 2 aliphatic heterocycles. The first-order valence-electron chi connectivity index (χ1n) is 7.98. The van der Waals surface area contributed by atoms with Crippen molar-refractivity contribution in [2.75, 3.05) is 32.1 Å². The van der Waals surface area contributed by atoms with E-state index in [1.54, 1.807) is 0 Å². The molecule has 2 fully saturated rings. The van der Waals surface area contributed by atoms with Gasteiger partial charge in [-0.3, -0.25) is 9.69 Å². The number of carbonyl (C=O) groups is 1. The number of hydrogen-bond donors (Lipinski definition) is 1. The Morgan fingerprint density at radius 3 is 3.05 bits per heavy atom. The molecule has 0 aliphatic carbocycles. The lowest BCUT2D eigenvalue weighted by Gasteiger charge is -2.43. The summed E-state index contributed by atoms with van der Waals surface area (Å²) in [6, 6.07) is 8.80. The third-order valence-electron chi connectivity index (χ3n) is 4.41. The minimum absolute atomic E-state index is 0.123. The van der Waals surface area contributed by atoms with Crippen molar-refractivity contribution in [1.82, 2.24) is 10.2 Å². The van der Waals surface area contributed by atoms with Gasteiger partial charge in [-0.05, 0) is 18.9 Å². The second-order valence-corrected chi connectivity index (χ2v) is 7.42. The van der Waals surface area contributed by atoms with Gasteiger partial charge >= 0.3 is 0 Å². The average Bonchev–Trinajstić information content (AvgIpc) is 2.55. The molecule has 22 heavy (non-hydrogen) atoms. The highest BCUT2D eigenvalue weighted by Gasteiger charge is 2.35. The van der Waals surface area contributed by atoms with E-state index in [1.807, 2.05) is 11.8 Å². The molecule has 2 heterocycles. The minimum Gasteiger partial charge on any atom is -0.380 e. The van der Waals surface area contributed by atoms with Gasteiger partial charge in [0, 0.05) is 36.7 Å². The Bertz CT molecular complexity index is 504. The van der Waals surface area contributed by atoms with Crippen molar-refractivity contribution in [2.24, 2.45) is 0 Å². The smallest absolute Gasteiger partial charge is 0.234 e. The SMILES string of the molecule is Cc1ccc(CNC(=O)CN2CCSC3COCCC32)cc1. The quantitative estimate of drug-likeness (QED) is 0.919. The molecule has 1 aromatic carbocycles. The number of amides is 1. The Morgan fingerprint density at radius 2 is 2.23 bits per heavy atom. The van der Waals surface area contributed by atoms with Gasteiger partial charge < -0.3 is 10.1 Å². The molecule has 2 unspecified atom stereocenters. The van der Waals surface area contributed by atoms with E-state index in [2.05, 4.69) is 41.4 Å². The van der Waals surface area contributed by atoms with Crippen LogP contribution >= 0.6 is 11.8 Å². The monoisotopic (exact) mass is 320 g/mol. The van der Waals surface area contributed by atoms with Crippen LogP contribution in [0.2, 0.25) is 0 Å². The van der Waals surface area contributed by atoms with Crippen molar-refractivity contribution in [2.45, 2.75) is 31.2 Å². The maximum atomic E-state index is 12.2. The van der Waals surface area contributed by atoms with Gasteiger partial charge in [0.25, 0.3) is 0 Å². The van der Waals surface area contributed by atoms with Gasteiger partial charge in [0.05, 0.1) is 13.2 Å². The lowest BCUT2D eigenvalue weighted by molar-refractivity contribution is -0.123. The molecule has 1 N–H and O–H groups in total. The van der Waals surface area contributed by atoms with Crippen LogP contribution in [0.4, 0.5) is 0 Å². The fourth-order valence-corrected chi connectivity index (χ4v) is 4.47. The van der Waals surface area contributed by atoms with E-state index < -0.39 is 0 Å². The van der Waals surface area contributed by atoms with Crippen molar-refractivity contribution >= 4 is 17.7 Å². The largest absolute Gasteiger partial charge is 0.380 e. The van der Waals surface area contributed by atoms with E-state index in [9.17, 15) is 4.79 Å². The number of aryl methyl sites for hydroxylation is 1. The number of nitrogens with zero attached hydrogens (tertiary/aromatic N) is 1. The highest BCUT2D eigenvalue weighted by atomic mass is 32.2. The molecule has 2 atom stereocenters. The molecule has 1 aromatic rings. The molecule has 0 spiro atoms. The van der Waals surface area contributed by atoms with E-state index in [0.717, 1.165) is 37.5 Å². The summed E-state index contributed by atoms with van der Waals surface area (Å²) in [5.74, 6) is 1.22. The highest BCUT2D eigenvalue weighted by molar-refractivity contribution is 8.00. The Labute approximate surface area is 136 Å². The van der Waals surface area contributed by atoms with Gasteiger partial charge in [-0.1, -0.05) is 29.8 Å². The van der Waals surface area contributed by atoms with Crippen LogP contribution in [0.5, 0.6) is 0 Å². The van der Waals surface area contributed by atoms with Crippen molar-refractivity contribution in [3.05, 3.63) is 35.4 Å². The Hall–Kier alpha value is -1.04. The first-order chi connectivity index (χ1) is 10.7. The van der Waals surface area contributed by atoms with Gasteiger partial charge in [0.1, 0.15) is 0 Å². The summed E-state index contributed by atoms with van der Waals surface area (Å²) in [4.78, 5) is 14.6. The van der Waals surface area contributed by atoms with Crippen molar-refractivity contribution in [3.63, 3.8) is 0 Å². The topological polar surface area (TPSA) is 41.6 Å². The lowest BCUT2D eigenvalue weighted by Crippen LogP contribution is -2.54. The van der Waals surface area contributed by atoms with Crippen LogP contribution in [-0.4, -0.2) is 54.2 Å². The van der Waals surface area contributed by atoms with E-state index in [4.69, 9.17) is 4.74 Å². The van der Waals surface area contributed by atoms with Crippen LogP contribution in [0.15, 0.2) is 24.3 Å². The molecule has 5 heteroatoms. The molecular formula is C17H24N2O2S. The third-order valence-corrected chi connectivity index (χ3v) is 5.70. The summed E-state index contributed by atoms with van der Waals surface area (Å²) >= 11 is 1.99. The number of carbonyl (C=O) groups excluding carboxylic acids is 1. The maximum absolute atomic E-state index is 12.2. The fourth-order valence-electron chi connectivity index (χ4n) is 3.11. The van der Waals surface area contributed by atoms with Gasteiger partial charge in [-0.15, -0.1) is 0 Å². The summed E-state index contributed by atoms with van der Waals surface area (Å²) in [6.07, 6.45) is 1.04. The van der Waals surface area contributed by atoms with Gasteiger partial charge in [0.15, 0.2) is 0 Å². The predicted molar refractivity (Wildman–Crippen MR) is 90.1 cm³/mol. The molecule has 0 radical (unpaired) electrons. The van der Waals surface area contributed by atoms with E-state index >= 15 is 0 Å². The molecule has 0 bridgehead atoms. The van der Waals surface area contributed by atoms with E-state index in [-0.39, 0.29) is 5.91 Å². The molecular weight excluding hydrogens is 296 g/mol. The summed E-state index contributed by atoms with van der Waals surface area (Å²) in [5.41, 5.74) is 2.39. The Kier molecular flexibility index (Phi) is 5.39. The maximum Gasteiger partial charge on any atom is 0.234 e. The molecule has 120 valence electrons. The van der Waals surface area contributed by atoms with Gasteiger partial charge in [-0.2, -0.15) is 11.8 Å². The predicted octanol–water partition coefficient (Wildman–Crippen LogP) is 1.82. The summed E-state index contributed by atoms with van der Waals surface area (Å²) in [6.45, 7) is 5.84. The normalized spacial score (nSPS) is 25.5. The lowest BCUT2D eigenvalue weighted by atomic mass is 10.1. The first-order valence-corrected chi connectivity index (χ1v) is 9.03. The highest BCUT2D eigenvalue weighted by Crippen LogP contribution is 2.29. The van der Waals surface area contributed by atoms with E-state index in [1.165, 1.54) is 5.56 Å². The zero-order chi connectivity index (χ0) is 15.4. The van der Waals surface area contributed by atoms with Gasteiger partial charge in [0.2, 0.25) is 5.91 Å².